The lowest BCUT2D eigenvalue weighted by atomic mass is 9.70. The van der Waals surface area contributed by atoms with Crippen LogP contribution < -0.4 is 5.32 Å². The molecule has 4 heterocycles. The molecule has 6 heteroatoms. The Kier molecular flexibility index (Phi) is 4.84. The van der Waals surface area contributed by atoms with Crippen LogP contribution in [-0.4, -0.2) is 45.1 Å². The van der Waals surface area contributed by atoms with Crippen LogP contribution in [0.4, 0.5) is 0 Å². The fourth-order valence-corrected chi connectivity index (χ4v) is 6.95. The van der Waals surface area contributed by atoms with Gasteiger partial charge in [-0.25, -0.2) is 4.98 Å². The highest BCUT2D eigenvalue weighted by molar-refractivity contribution is 6.06. The van der Waals surface area contributed by atoms with Gasteiger partial charge in [0.25, 0.3) is 11.6 Å². The third-order valence-electron chi connectivity index (χ3n) is 8.51. The van der Waals surface area contributed by atoms with E-state index >= 15 is 0 Å². The molecule has 2 bridgehead atoms. The van der Waals surface area contributed by atoms with E-state index in [0.717, 1.165) is 36.0 Å². The third-order valence-corrected chi connectivity index (χ3v) is 8.51. The van der Waals surface area contributed by atoms with Crippen molar-refractivity contribution in [1.29, 1.82) is 0 Å². The highest BCUT2D eigenvalue weighted by Crippen LogP contribution is 2.53. The Morgan fingerprint density at radius 2 is 2.00 bits per heavy atom. The van der Waals surface area contributed by atoms with Gasteiger partial charge in [-0.1, -0.05) is 55.3 Å². The second kappa shape index (κ2) is 7.66. The molecule has 0 spiro atoms. The summed E-state index contributed by atoms with van der Waals surface area (Å²) >= 11 is 0. The lowest BCUT2D eigenvalue weighted by Crippen LogP contribution is -2.57. The lowest BCUT2D eigenvalue weighted by molar-refractivity contribution is 0.0614. The van der Waals surface area contributed by atoms with Gasteiger partial charge in [0.15, 0.2) is 0 Å². The van der Waals surface area contributed by atoms with Gasteiger partial charge in [-0.2, -0.15) is 0 Å². The number of nitrogens with one attached hydrogen (secondary N) is 1. The van der Waals surface area contributed by atoms with Gasteiger partial charge in [0, 0.05) is 35.3 Å². The Morgan fingerprint density at radius 3 is 2.82 bits per heavy atom. The van der Waals surface area contributed by atoms with E-state index in [1.165, 1.54) is 24.8 Å². The first-order valence-corrected chi connectivity index (χ1v) is 12.3. The normalized spacial score (nSPS) is 31.1. The minimum absolute atomic E-state index is 0.106. The Bertz CT molecular complexity index is 1210. The summed E-state index contributed by atoms with van der Waals surface area (Å²) in [6, 6.07) is 13.7. The summed E-state index contributed by atoms with van der Waals surface area (Å²) in [6.07, 6.45) is 6.66. The van der Waals surface area contributed by atoms with Crippen molar-refractivity contribution in [2.75, 3.05) is 0 Å². The molecule has 1 amide bonds. The zero-order valence-electron chi connectivity index (χ0n) is 19.7. The van der Waals surface area contributed by atoms with Crippen LogP contribution >= 0.6 is 0 Å². The van der Waals surface area contributed by atoms with Crippen LogP contribution in [0.5, 0.6) is 0 Å². The number of aryl methyl sites for hydroxylation is 2. The zero-order valence-corrected chi connectivity index (χ0v) is 19.7. The lowest BCUT2D eigenvalue weighted by Gasteiger charge is -2.43. The van der Waals surface area contributed by atoms with Crippen LogP contribution in [0.2, 0.25) is 0 Å². The second-order valence-electron chi connectivity index (χ2n) is 10.6. The van der Waals surface area contributed by atoms with Crippen molar-refractivity contribution < 1.29 is 9.32 Å². The summed E-state index contributed by atoms with van der Waals surface area (Å²) in [7, 11) is 0. The molecule has 3 fully saturated rings. The van der Waals surface area contributed by atoms with E-state index in [2.05, 4.69) is 57.6 Å². The molecule has 1 N–H and O–H groups in total. The predicted molar refractivity (Wildman–Crippen MR) is 127 cm³/mol. The molecule has 6 nitrogen and oxygen atoms in total. The van der Waals surface area contributed by atoms with Crippen molar-refractivity contribution in [2.24, 2.45) is 5.41 Å². The molecule has 6 rings (SSSR count). The third kappa shape index (κ3) is 3.22. The molecule has 1 saturated carbocycles. The van der Waals surface area contributed by atoms with Crippen molar-refractivity contribution in [1.82, 2.24) is 20.4 Å². The van der Waals surface area contributed by atoms with Crippen molar-refractivity contribution in [3.8, 4) is 0 Å². The molecule has 2 aliphatic heterocycles. The minimum atomic E-state index is 0.106. The summed E-state index contributed by atoms with van der Waals surface area (Å²) in [5.41, 5.74) is 4.09. The molecular weight excluding hydrogens is 412 g/mol. The summed E-state index contributed by atoms with van der Waals surface area (Å²) in [5.74, 6) is 0.109. The summed E-state index contributed by atoms with van der Waals surface area (Å²) < 4.78 is 5.45. The molecule has 172 valence electrons. The van der Waals surface area contributed by atoms with E-state index in [-0.39, 0.29) is 29.4 Å². The van der Waals surface area contributed by atoms with Gasteiger partial charge in [-0.05, 0) is 51.2 Å². The van der Waals surface area contributed by atoms with Gasteiger partial charge >= 0.3 is 0 Å². The summed E-state index contributed by atoms with van der Waals surface area (Å²) in [5, 5.41) is 8.90. The van der Waals surface area contributed by atoms with Gasteiger partial charge in [-0.15, -0.1) is 0 Å². The number of hydrogen-bond donors (Lipinski definition) is 1. The molecule has 1 aliphatic carbocycles. The number of aromatic nitrogens is 2. The Hall–Kier alpha value is -2.73. The number of nitrogens with zero attached hydrogens (tertiary/aromatic N) is 3. The van der Waals surface area contributed by atoms with Crippen LogP contribution in [0.3, 0.4) is 0 Å². The van der Waals surface area contributed by atoms with Gasteiger partial charge in [0.2, 0.25) is 0 Å². The van der Waals surface area contributed by atoms with E-state index in [1.807, 2.05) is 19.9 Å². The van der Waals surface area contributed by atoms with Crippen molar-refractivity contribution in [3.05, 3.63) is 58.9 Å². The molecular formula is C27H32N4O2. The van der Waals surface area contributed by atoms with Crippen molar-refractivity contribution in [2.45, 2.75) is 83.5 Å². The minimum Gasteiger partial charge on any atom is -0.336 e. The van der Waals surface area contributed by atoms with Crippen molar-refractivity contribution in [3.63, 3.8) is 0 Å². The average molecular weight is 445 g/mol. The number of piperidine rings is 1. The van der Waals surface area contributed by atoms with E-state index < -0.39 is 0 Å². The summed E-state index contributed by atoms with van der Waals surface area (Å²) in [4.78, 5) is 21.1. The zero-order chi connectivity index (χ0) is 22.7. The van der Waals surface area contributed by atoms with Gasteiger partial charge in [-0.3, -0.25) is 4.79 Å². The molecule has 2 aromatic heterocycles. The molecule has 1 aromatic carbocycles. The number of carbonyl (C=O) groups excluding carboxylic acids is 1. The van der Waals surface area contributed by atoms with Crippen LogP contribution in [-0.2, 0) is 6.42 Å². The molecule has 3 aliphatic rings. The number of carbonyl (C=O) groups is 1. The number of likely N-dealkylation sites (tertiary alicyclic amines) is 1. The topological polar surface area (TPSA) is 71.3 Å². The number of pyridine rings is 1. The molecule has 0 unspecified atom stereocenters. The second-order valence-corrected chi connectivity index (χ2v) is 10.6. The van der Waals surface area contributed by atoms with Crippen LogP contribution in [0, 0.1) is 19.3 Å². The first-order valence-electron chi connectivity index (χ1n) is 12.3. The van der Waals surface area contributed by atoms with E-state index in [1.54, 1.807) is 0 Å². The van der Waals surface area contributed by atoms with E-state index in [9.17, 15) is 4.79 Å². The Labute approximate surface area is 194 Å². The van der Waals surface area contributed by atoms with Crippen LogP contribution in [0.15, 0.2) is 40.9 Å². The standard InChI is InChI=1S/C27H32N4O2/c1-16-13-19(24-17(2)30-33-25(24)28-16)26(32)31-21-15-27(3)22(11-7-8-12-23(27)31)29-20(21)14-18-9-5-4-6-10-18/h4-6,9-10,13,20-23,29H,7-8,11-12,14-15H2,1-3H3/t20-,21-,22+,23-,27+/m0/s1. The van der Waals surface area contributed by atoms with Crippen molar-refractivity contribution >= 4 is 17.0 Å². The van der Waals surface area contributed by atoms with Gasteiger partial charge < -0.3 is 14.7 Å². The fraction of sp³-hybridized carbons (Fsp3) is 0.519. The smallest absolute Gasteiger partial charge is 0.258 e. The monoisotopic (exact) mass is 444 g/mol. The van der Waals surface area contributed by atoms with Crippen LogP contribution in [0.1, 0.15) is 66.3 Å². The number of fused-ring (bicyclic) bond motifs is 2. The number of hydrogen-bond acceptors (Lipinski definition) is 5. The molecule has 5 atom stereocenters. The maximum atomic E-state index is 14.4. The van der Waals surface area contributed by atoms with Gasteiger partial charge in [0.1, 0.15) is 0 Å². The summed E-state index contributed by atoms with van der Waals surface area (Å²) in [6.45, 7) is 6.22. The average Bonchev–Trinajstić information content (AvgIpc) is 3.24. The molecule has 0 radical (unpaired) electrons. The van der Waals surface area contributed by atoms with Gasteiger partial charge in [0.05, 0.1) is 16.6 Å². The highest BCUT2D eigenvalue weighted by Gasteiger charge is 2.60. The molecule has 2 saturated heterocycles. The largest absolute Gasteiger partial charge is 0.336 e. The molecule has 3 aromatic rings. The quantitative estimate of drug-likeness (QED) is 0.640. The highest BCUT2D eigenvalue weighted by atomic mass is 16.5. The molecule has 33 heavy (non-hydrogen) atoms. The predicted octanol–water partition coefficient (Wildman–Crippen LogP) is 4.59. The van der Waals surface area contributed by atoms with E-state index in [0.29, 0.717) is 17.3 Å². The first-order chi connectivity index (χ1) is 16.0. The maximum absolute atomic E-state index is 14.4. The Balaban J connectivity index is 1.45. The number of benzene rings is 1. The van der Waals surface area contributed by atoms with Crippen LogP contribution in [0.25, 0.3) is 11.1 Å². The number of amides is 1. The number of rotatable bonds is 3. The Morgan fingerprint density at radius 1 is 1.21 bits per heavy atom. The first kappa shape index (κ1) is 20.8. The maximum Gasteiger partial charge on any atom is 0.258 e. The SMILES string of the molecule is Cc1cc(C(=O)N2[C@H]3CCCC[C@H]4N[C@@H](Cc5ccccc5)[C@@H]2C[C@@]34C)c2c(C)noc2n1. The van der Waals surface area contributed by atoms with E-state index in [4.69, 9.17) is 4.52 Å². The fourth-order valence-electron chi connectivity index (χ4n) is 6.95.